The van der Waals surface area contributed by atoms with E-state index in [0.29, 0.717) is 18.2 Å². The van der Waals surface area contributed by atoms with E-state index in [2.05, 4.69) is 15.2 Å². The van der Waals surface area contributed by atoms with Crippen molar-refractivity contribution < 1.29 is 4.79 Å². The minimum atomic E-state index is 0.00197. The zero-order chi connectivity index (χ0) is 14.7. The number of thioether (sulfide) groups is 1. The van der Waals surface area contributed by atoms with Crippen LogP contribution in [0.3, 0.4) is 0 Å². The lowest BCUT2D eigenvalue weighted by Gasteiger charge is -2.14. The summed E-state index contributed by atoms with van der Waals surface area (Å²) < 4.78 is 1.73. The maximum Gasteiger partial charge on any atom is 0.225 e. The van der Waals surface area contributed by atoms with Gasteiger partial charge in [-0.3, -0.25) is 14.3 Å². The summed E-state index contributed by atoms with van der Waals surface area (Å²) in [6.07, 6.45) is 0. The van der Waals surface area contributed by atoms with Gasteiger partial charge in [-0.05, 0) is 6.92 Å². The molecule has 0 aliphatic heterocycles. The molecule has 20 heavy (non-hydrogen) atoms. The molecule has 9 heteroatoms. The number of rotatable bonds is 5. The molecular formula is C11H16N6OS2. The molecule has 1 amide bonds. The van der Waals surface area contributed by atoms with Gasteiger partial charge >= 0.3 is 0 Å². The number of thiazole rings is 1. The molecule has 0 aliphatic carbocycles. The Morgan fingerprint density at radius 1 is 1.55 bits per heavy atom. The molecule has 0 aromatic carbocycles. The third-order valence-electron chi connectivity index (χ3n) is 2.68. The van der Waals surface area contributed by atoms with E-state index in [1.807, 2.05) is 19.4 Å². The molecule has 108 valence electrons. The van der Waals surface area contributed by atoms with Crippen molar-refractivity contribution in [2.24, 2.45) is 7.05 Å². The van der Waals surface area contributed by atoms with Crippen LogP contribution in [0.15, 0.2) is 10.5 Å². The van der Waals surface area contributed by atoms with Crippen molar-refractivity contribution in [2.75, 3.05) is 17.2 Å². The molecule has 0 aliphatic rings. The van der Waals surface area contributed by atoms with Crippen molar-refractivity contribution in [1.82, 2.24) is 19.7 Å². The van der Waals surface area contributed by atoms with Crippen molar-refractivity contribution in [2.45, 2.75) is 24.8 Å². The minimum absolute atomic E-state index is 0.00197. The van der Waals surface area contributed by atoms with E-state index in [4.69, 9.17) is 5.73 Å². The summed E-state index contributed by atoms with van der Waals surface area (Å²) in [4.78, 5) is 17.6. The Kier molecular flexibility index (Phi) is 4.61. The Hall–Kier alpha value is -1.61. The predicted molar refractivity (Wildman–Crippen MR) is 80.8 cm³/mol. The first kappa shape index (κ1) is 14.8. The molecule has 0 unspecified atom stereocenters. The largest absolute Gasteiger partial charge is 0.368 e. The Balaban J connectivity index is 2.03. The van der Waals surface area contributed by atoms with Gasteiger partial charge in [0.2, 0.25) is 11.9 Å². The fourth-order valence-electron chi connectivity index (χ4n) is 1.57. The van der Waals surface area contributed by atoms with Crippen LogP contribution in [0.5, 0.6) is 0 Å². The van der Waals surface area contributed by atoms with Crippen molar-refractivity contribution >= 4 is 40.1 Å². The second-order valence-electron chi connectivity index (χ2n) is 4.07. The molecule has 0 bridgehead atoms. The molecule has 0 fully saturated rings. The summed E-state index contributed by atoms with van der Waals surface area (Å²) in [7, 11) is 1.82. The van der Waals surface area contributed by atoms with Crippen LogP contribution in [0.2, 0.25) is 0 Å². The highest BCUT2D eigenvalue weighted by molar-refractivity contribution is 7.98. The quantitative estimate of drug-likeness (QED) is 0.842. The van der Waals surface area contributed by atoms with Crippen LogP contribution in [-0.2, 0) is 17.6 Å². The third kappa shape index (κ3) is 3.10. The molecule has 2 N–H and O–H groups in total. The number of nitrogen functional groups attached to an aromatic ring is 1. The number of nitrogens with two attached hydrogens (primary N) is 1. The lowest BCUT2D eigenvalue weighted by Crippen LogP contribution is -2.27. The summed E-state index contributed by atoms with van der Waals surface area (Å²) in [5.41, 5.74) is 6.54. The zero-order valence-electron chi connectivity index (χ0n) is 11.5. The van der Waals surface area contributed by atoms with Gasteiger partial charge in [-0.25, -0.2) is 4.98 Å². The Morgan fingerprint density at radius 2 is 2.30 bits per heavy atom. The van der Waals surface area contributed by atoms with Gasteiger partial charge < -0.3 is 5.73 Å². The molecule has 2 heterocycles. The first-order valence-electron chi connectivity index (χ1n) is 6.03. The molecule has 0 radical (unpaired) electrons. The molecule has 2 rings (SSSR count). The highest BCUT2D eigenvalue weighted by Crippen LogP contribution is 2.26. The van der Waals surface area contributed by atoms with E-state index in [9.17, 15) is 4.79 Å². The van der Waals surface area contributed by atoms with E-state index in [0.717, 1.165) is 16.0 Å². The van der Waals surface area contributed by atoms with E-state index in [1.165, 1.54) is 23.1 Å². The van der Waals surface area contributed by atoms with Crippen molar-refractivity contribution in [3.05, 3.63) is 11.1 Å². The SMILES string of the molecule is CCN(C(C)=O)c1nc(CSc2nnc(N)n2C)cs1. The molecule has 0 atom stereocenters. The van der Waals surface area contributed by atoms with E-state index in [1.54, 1.807) is 16.4 Å². The number of carbonyl (C=O) groups excluding carboxylic acids is 1. The molecule has 2 aromatic heterocycles. The molecular weight excluding hydrogens is 296 g/mol. The first-order chi connectivity index (χ1) is 9.52. The van der Waals surface area contributed by atoms with Crippen molar-refractivity contribution in [1.29, 1.82) is 0 Å². The molecule has 0 saturated carbocycles. The number of aromatic nitrogens is 4. The normalized spacial score (nSPS) is 10.8. The lowest BCUT2D eigenvalue weighted by molar-refractivity contribution is -0.116. The zero-order valence-corrected chi connectivity index (χ0v) is 13.2. The van der Waals surface area contributed by atoms with Gasteiger partial charge in [-0.15, -0.1) is 21.5 Å². The third-order valence-corrected chi connectivity index (χ3v) is 4.65. The van der Waals surface area contributed by atoms with Gasteiger partial charge in [0.1, 0.15) is 0 Å². The van der Waals surface area contributed by atoms with Crippen LogP contribution >= 0.6 is 23.1 Å². The number of carbonyl (C=O) groups is 1. The van der Waals surface area contributed by atoms with E-state index >= 15 is 0 Å². The van der Waals surface area contributed by atoms with E-state index in [-0.39, 0.29) is 5.91 Å². The van der Waals surface area contributed by atoms with Crippen LogP contribution in [0.25, 0.3) is 0 Å². The van der Waals surface area contributed by atoms with Gasteiger partial charge in [-0.2, -0.15) is 0 Å². The average molecular weight is 312 g/mol. The van der Waals surface area contributed by atoms with Crippen LogP contribution in [-0.4, -0.2) is 32.2 Å². The van der Waals surface area contributed by atoms with Gasteiger partial charge in [0, 0.05) is 31.6 Å². The topological polar surface area (TPSA) is 89.9 Å². The number of anilines is 2. The number of hydrogen-bond acceptors (Lipinski definition) is 7. The second-order valence-corrected chi connectivity index (χ2v) is 5.85. The second kappa shape index (κ2) is 6.23. The minimum Gasteiger partial charge on any atom is -0.368 e. The maximum absolute atomic E-state index is 11.5. The van der Waals surface area contributed by atoms with Crippen LogP contribution in [0.1, 0.15) is 19.5 Å². The first-order valence-corrected chi connectivity index (χ1v) is 7.89. The summed E-state index contributed by atoms with van der Waals surface area (Å²) in [5.74, 6) is 1.06. The smallest absolute Gasteiger partial charge is 0.225 e. The fraction of sp³-hybridized carbons (Fsp3) is 0.455. The Morgan fingerprint density at radius 3 is 2.85 bits per heavy atom. The summed E-state index contributed by atoms with van der Waals surface area (Å²) in [5, 5.41) is 11.2. The number of hydrogen-bond donors (Lipinski definition) is 1. The van der Waals surface area contributed by atoms with Crippen LogP contribution in [0, 0.1) is 0 Å². The average Bonchev–Trinajstić information content (AvgIpc) is 2.98. The van der Waals surface area contributed by atoms with Gasteiger partial charge in [0.15, 0.2) is 10.3 Å². The van der Waals surface area contributed by atoms with Gasteiger partial charge in [0.05, 0.1) is 5.69 Å². The monoisotopic (exact) mass is 312 g/mol. The van der Waals surface area contributed by atoms with Crippen molar-refractivity contribution in [3.8, 4) is 0 Å². The summed E-state index contributed by atoms with van der Waals surface area (Å²) >= 11 is 2.98. The molecule has 2 aromatic rings. The summed E-state index contributed by atoms with van der Waals surface area (Å²) in [6, 6.07) is 0. The maximum atomic E-state index is 11.5. The lowest BCUT2D eigenvalue weighted by atomic mass is 10.5. The van der Waals surface area contributed by atoms with Gasteiger partial charge in [-0.1, -0.05) is 11.8 Å². The summed E-state index contributed by atoms with van der Waals surface area (Å²) in [6.45, 7) is 4.09. The fourth-order valence-corrected chi connectivity index (χ4v) is 3.42. The number of nitrogens with zero attached hydrogens (tertiary/aromatic N) is 5. The number of amides is 1. The highest BCUT2D eigenvalue weighted by Gasteiger charge is 2.14. The van der Waals surface area contributed by atoms with E-state index < -0.39 is 0 Å². The van der Waals surface area contributed by atoms with Crippen molar-refractivity contribution in [3.63, 3.8) is 0 Å². The standard InChI is InChI=1S/C11H16N6OS2/c1-4-17(7(2)18)10-13-8(5-19-10)6-20-11-15-14-9(12)16(11)3/h5H,4,6H2,1-3H3,(H2,12,14). The Bertz CT molecular complexity index is 608. The predicted octanol–water partition coefficient (Wildman–Crippen LogP) is 1.52. The van der Waals surface area contributed by atoms with Gasteiger partial charge in [0.25, 0.3) is 0 Å². The Labute approximate surface area is 125 Å². The molecule has 7 nitrogen and oxygen atoms in total. The van der Waals surface area contributed by atoms with Crippen LogP contribution in [0.4, 0.5) is 11.1 Å². The molecule has 0 saturated heterocycles. The molecule has 0 spiro atoms. The van der Waals surface area contributed by atoms with Crippen LogP contribution < -0.4 is 10.6 Å². The highest BCUT2D eigenvalue weighted by atomic mass is 32.2.